The fraction of sp³-hybridized carbons (Fsp3) is 1.00. The molecule has 0 N–H and O–H groups in total. The van der Waals surface area contributed by atoms with Gasteiger partial charge in [0.05, 0.1) is 0 Å². The minimum atomic E-state index is -0.605. The molecule has 4 heteroatoms. The average molecular weight is 191 g/mol. The Kier molecular flexibility index (Phi) is 2.32. The van der Waals surface area contributed by atoms with Crippen LogP contribution in [0.1, 0.15) is 12.8 Å². The quantitative estimate of drug-likeness (QED) is 0.406. The topological polar surface area (TPSA) is 0 Å². The zero-order valence-electron chi connectivity index (χ0n) is 4.20. The third-order valence-corrected chi connectivity index (χ3v) is 6.32. The highest BCUT2D eigenvalue weighted by Crippen LogP contribution is 2.66. The van der Waals surface area contributed by atoms with Crippen LogP contribution >= 0.6 is 41.7 Å². The molecule has 1 aliphatic rings. The van der Waals surface area contributed by atoms with Crippen LogP contribution in [-0.4, -0.2) is 10.2 Å². The summed E-state index contributed by atoms with van der Waals surface area (Å²) in [5.41, 5.74) is 0. The molecule has 0 aromatic carbocycles. The van der Waals surface area contributed by atoms with Gasteiger partial charge in [0.1, 0.15) is 0 Å². The molecule has 0 aromatic heterocycles. The number of hydrogen-bond donors (Lipinski definition) is 0. The molecule has 1 atom stereocenters. The Morgan fingerprint density at radius 3 is 2.12 bits per heavy atom. The number of halogens is 3. The summed E-state index contributed by atoms with van der Waals surface area (Å²) in [5.74, 6) is 0. The summed E-state index contributed by atoms with van der Waals surface area (Å²) in [6.45, 7) is 0. The Balaban J connectivity index is 2.54. The second-order valence-corrected chi connectivity index (χ2v) is 7.03. The van der Waals surface area contributed by atoms with Gasteiger partial charge in [-0.05, 0) is 19.0 Å². The molecule has 1 fully saturated rings. The molecule has 0 aromatic rings. The summed E-state index contributed by atoms with van der Waals surface area (Å²) in [5, 5.41) is 0. The summed E-state index contributed by atoms with van der Waals surface area (Å²) in [6.07, 6.45) is 2.97. The Bertz CT molecular complexity index is 93.3. The van der Waals surface area contributed by atoms with Crippen LogP contribution in [0.2, 0.25) is 0 Å². The molecule has 0 spiro atoms. The Morgan fingerprint density at radius 2 is 2.00 bits per heavy atom. The normalized spacial score (nSPS) is 35.6. The molecule has 48 valence electrons. The lowest BCUT2D eigenvalue weighted by Crippen LogP contribution is -1.98. The van der Waals surface area contributed by atoms with Crippen LogP contribution in [-0.2, 0) is 0 Å². The lowest BCUT2D eigenvalue weighted by atomic mass is 10.4. The second-order valence-electron chi connectivity index (χ2n) is 1.86. The molecule has 1 rings (SSSR count). The van der Waals surface area contributed by atoms with E-state index in [2.05, 4.69) is 0 Å². The van der Waals surface area contributed by atoms with Gasteiger partial charge in [0.15, 0.2) is 4.07 Å². The molecule has 0 aliphatic carbocycles. The number of rotatable bonds is 0. The molecule has 0 saturated carbocycles. The zero-order valence-corrected chi connectivity index (χ0v) is 7.36. The van der Waals surface area contributed by atoms with Crippen LogP contribution in [0, 0.1) is 0 Å². The first-order chi connectivity index (χ1) is 3.63. The van der Waals surface area contributed by atoms with Gasteiger partial charge in [-0.15, -0.1) is 0 Å². The van der Waals surface area contributed by atoms with Gasteiger partial charge < -0.3 is 0 Å². The summed E-state index contributed by atoms with van der Waals surface area (Å²) < 4.78 is -0.573. The van der Waals surface area contributed by atoms with Gasteiger partial charge in [-0.2, -0.15) is 0 Å². The van der Waals surface area contributed by atoms with Gasteiger partial charge in [-0.1, -0.05) is 34.4 Å². The number of alkyl halides is 2. The van der Waals surface area contributed by atoms with Gasteiger partial charge in [0.25, 0.3) is 0 Å². The van der Waals surface area contributed by atoms with Crippen molar-refractivity contribution in [2.75, 3.05) is 6.16 Å². The first-order valence-electron chi connectivity index (χ1n) is 2.44. The van der Waals surface area contributed by atoms with Crippen LogP contribution in [0.15, 0.2) is 0 Å². The van der Waals surface area contributed by atoms with Crippen LogP contribution in [0.25, 0.3) is 0 Å². The van der Waals surface area contributed by atoms with E-state index in [0.717, 1.165) is 19.0 Å². The van der Waals surface area contributed by atoms with E-state index in [-0.39, 0.29) is 0 Å². The highest BCUT2D eigenvalue weighted by molar-refractivity contribution is 7.88. The Morgan fingerprint density at radius 1 is 1.38 bits per heavy atom. The maximum Gasteiger partial charge on any atom is 0.150 e. The van der Waals surface area contributed by atoms with E-state index in [9.17, 15) is 0 Å². The van der Waals surface area contributed by atoms with E-state index in [1.807, 2.05) is 0 Å². The van der Waals surface area contributed by atoms with Crippen molar-refractivity contribution < 1.29 is 0 Å². The molecule has 8 heavy (non-hydrogen) atoms. The zero-order chi connectivity index (χ0) is 6.20. The van der Waals surface area contributed by atoms with E-state index < -0.39 is 11.3 Å². The van der Waals surface area contributed by atoms with E-state index in [4.69, 9.17) is 34.4 Å². The Hall–Kier alpha value is 1.30. The molecule has 1 saturated heterocycles. The highest BCUT2D eigenvalue weighted by Gasteiger charge is 2.37. The summed E-state index contributed by atoms with van der Waals surface area (Å²) in [6, 6.07) is 0. The third-order valence-electron chi connectivity index (χ3n) is 1.19. The molecular formula is C4H6Cl3P. The maximum absolute atomic E-state index is 5.80. The fourth-order valence-corrected chi connectivity index (χ4v) is 3.27. The van der Waals surface area contributed by atoms with Crippen LogP contribution in [0.3, 0.4) is 0 Å². The lowest BCUT2D eigenvalue weighted by Gasteiger charge is -2.14. The average Bonchev–Trinajstić information content (AvgIpc) is 1.86. The SMILES string of the molecule is ClP1CCCC1(Cl)Cl. The first-order valence-corrected chi connectivity index (χ1v) is 5.63. The first kappa shape index (κ1) is 7.41. The summed E-state index contributed by atoms with van der Waals surface area (Å²) >= 11 is 17.4. The lowest BCUT2D eigenvalue weighted by molar-refractivity contribution is 0.883. The van der Waals surface area contributed by atoms with Crippen molar-refractivity contribution in [1.82, 2.24) is 0 Å². The largest absolute Gasteiger partial charge is 0.150 e. The van der Waals surface area contributed by atoms with Crippen molar-refractivity contribution in [2.45, 2.75) is 16.9 Å². The minimum absolute atomic E-state index is 0.573. The van der Waals surface area contributed by atoms with Crippen molar-refractivity contribution >= 4 is 41.7 Å². The van der Waals surface area contributed by atoms with Crippen LogP contribution < -0.4 is 0 Å². The molecule has 1 aliphatic heterocycles. The van der Waals surface area contributed by atoms with Gasteiger partial charge in [-0.25, -0.2) is 0 Å². The molecule has 1 unspecified atom stereocenters. The smallest absolute Gasteiger partial charge is 0.0952 e. The van der Waals surface area contributed by atoms with Gasteiger partial charge in [0, 0.05) is 7.27 Å². The molecular weight excluding hydrogens is 185 g/mol. The monoisotopic (exact) mass is 190 g/mol. The van der Waals surface area contributed by atoms with Crippen LogP contribution in [0.4, 0.5) is 0 Å². The second kappa shape index (κ2) is 2.50. The van der Waals surface area contributed by atoms with E-state index >= 15 is 0 Å². The fourth-order valence-electron chi connectivity index (χ4n) is 0.715. The highest BCUT2D eigenvalue weighted by atomic mass is 35.7. The molecule has 1 heterocycles. The van der Waals surface area contributed by atoms with Gasteiger partial charge >= 0.3 is 0 Å². The van der Waals surface area contributed by atoms with E-state index in [1.165, 1.54) is 0 Å². The molecule has 0 amide bonds. The molecule has 0 radical (unpaired) electrons. The third kappa shape index (κ3) is 1.42. The standard InChI is InChI=1S/C4H6Cl3P/c5-4(6)2-1-3-8(4)7/h1-3H2. The van der Waals surface area contributed by atoms with Crippen LogP contribution in [0.5, 0.6) is 0 Å². The van der Waals surface area contributed by atoms with E-state index in [1.54, 1.807) is 0 Å². The predicted octanol–water partition coefficient (Wildman–Crippen LogP) is 3.55. The minimum Gasteiger partial charge on any atom is -0.0952 e. The molecule has 0 nitrogen and oxygen atoms in total. The molecule has 0 bridgehead atoms. The van der Waals surface area contributed by atoms with Gasteiger partial charge in [0.2, 0.25) is 0 Å². The van der Waals surface area contributed by atoms with Crippen molar-refractivity contribution in [2.24, 2.45) is 0 Å². The van der Waals surface area contributed by atoms with Crippen molar-refractivity contribution in [3.8, 4) is 0 Å². The number of hydrogen-bond acceptors (Lipinski definition) is 0. The Labute approximate surface area is 65.0 Å². The summed E-state index contributed by atoms with van der Waals surface area (Å²) in [4.78, 5) is 0. The van der Waals surface area contributed by atoms with Crippen molar-refractivity contribution in [1.29, 1.82) is 0 Å². The van der Waals surface area contributed by atoms with E-state index in [0.29, 0.717) is 0 Å². The van der Waals surface area contributed by atoms with Gasteiger partial charge in [-0.3, -0.25) is 0 Å². The predicted molar refractivity (Wildman–Crippen MR) is 41.3 cm³/mol. The maximum atomic E-state index is 5.80. The summed E-state index contributed by atoms with van der Waals surface area (Å²) in [7, 11) is -0.605. The van der Waals surface area contributed by atoms with Crippen molar-refractivity contribution in [3.63, 3.8) is 0 Å². The van der Waals surface area contributed by atoms with Crippen molar-refractivity contribution in [3.05, 3.63) is 0 Å².